The summed E-state index contributed by atoms with van der Waals surface area (Å²) in [5, 5.41) is 9.56. The van der Waals surface area contributed by atoms with Gasteiger partial charge in [0.05, 0.1) is 11.7 Å². The summed E-state index contributed by atoms with van der Waals surface area (Å²) >= 11 is 0. The van der Waals surface area contributed by atoms with E-state index < -0.39 is 5.97 Å². The van der Waals surface area contributed by atoms with Crippen LogP contribution in [0.25, 0.3) is 10.9 Å². The first-order valence-corrected chi connectivity index (χ1v) is 5.17. The average molecular weight is 232 g/mol. The molecule has 2 aromatic heterocycles. The van der Waals surface area contributed by atoms with E-state index in [9.17, 15) is 9.59 Å². The molecular weight excluding hydrogens is 220 g/mol. The van der Waals surface area contributed by atoms with Gasteiger partial charge in [-0.2, -0.15) is 0 Å². The Labute approximate surface area is 97.7 Å². The summed E-state index contributed by atoms with van der Waals surface area (Å²) in [4.78, 5) is 26.3. The molecule has 0 bridgehead atoms. The SMILES string of the molecule is CC(=O)c1cn(CC(=O)O)c2cnc(C)cc12. The maximum absolute atomic E-state index is 11.5. The Hall–Kier alpha value is -2.17. The second-order valence-corrected chi connectivity index (χ2v) is 3.96. The minimum atomic E-state index is -0.947. The number of carbonyl (C=O) groups excluding carboxylic acids is 1. The van der Waals surface area contributed by atoms with Gasteiger partial charge >= 0.3 is 5.97 Å². The molecule has 5 nitrogen and oxygen atoms in total. The number of nitrogens with zero attached hydrogens (tertiary/aromatic N) is 2. The molecule has 0 amide bonds. The highest BCUT2D eigenvalue weighted by Crippen LogP contribution is 2.22. The number of rotatable bonds is 3. The van der Waals surface area contributed by atoms with Crippen LogP contribution in [0.1, 0.15) is 23.0 Å². The molecule has 0 aliphatic heterocycles. The molecule has 0 unspecified atom stereocenters. The Bertz CT molecular complexity index is 613. The third-order valence-electron chi connectivity index (χ3n) is 2.59. The first-order valence-electron chi connectivity index (χ1n) is 5.17. The summed E-state index contributed by atoms with van der Waals surface area (Å²) in [6, 6.07) is 1.80. The van der Waals surface area contributed by atoms with Crippen molar-refractivity contribution in [2.24, 2.45) is 0 Å². The van der Waals surface area contributed by atoms with E-state index in [0.717, 1.165) is 11.1 Å². The number of carboxylic acids is 1. The second kappa shape index (κ2) is 4.01. The number of aromatic nitrogens is 2. The fraction of sp³-hybridized carbons (Fsp3) is 0.250. The molecule has 0 aromatic carbocycles. The highest BCUT2D eigenvalue weighted by atomic mass is 16.4. The van der Waals surface area contributed by atoms with Crippen molar-refractivity contribution in [1.82, 2.24) is 9.55 Å². The first-order chi connectivity index (χ1) is 7.99. The summed E-state index contributed by atoms with van der Waals surface area (Å²) in [6.07, 6.45) is 3.17. The molecule has 0 radical (unpaired) electrons. The van der Waals surface area contributed by atoms with E-state index in [4.69, 9.17) is 5.11 Å². The molecule has 0 atom stereocenters. The number of aliphatic carboxylic acids is 1. The molecule has 5 heteroatoms. The third kappa shape index (κ3) is 2.04. The Morgan fingerprint density at radius 1 is 1.47 bits per heavy atom. The number of fused-ring (bicyclic) bond motifs is 1. The largest absolute Gasteiger partial charge is 0.480 e. The fourth-order valence-electron chi connectivity index (χ4n) is 1.85. The molecular formula is C12H12N2O3. The van der Waals surface area contributed by atoms with Gasteiger partial charge in [-0.05, 0) is 19.9 Å². The number of hydrogen-bond acceptors (Lipinski definition) is 3. The number of carboxylic acid groups (broad SMARTS) is 1. The van der Waals surface area contributed by atoms with Gasteiger partial charge in [0.2, 0.25) is 0 Å². The van der Waals surface area contributed by atoms with Crippen LogP contribution in [0.3, 0.4) is 0 Å². The van der Waals surface area contributed by atoms with E-state index >= 15 is 0 Å². The molecule has 0 aliphatic rings. The minimum absolute atomic E-state index is 0.0789. The zero-order valence-corrected chi connectivity index (χ0v) is 9.60. The van der Waals surface area contributed by atoms with E-state index in [1.165, 1.54) is 11.5 Å². The quantitative estimate of drug-likeness (QED) is 0.816. The topological polar surface area (TPSA) is 72.2 Å². The van der Waals surface area contributed by atoms with Crippen molar-refractivity contribution >= 4 is 22.7 Å². The molecule has 0 spiro atoms. The highest BCUT2D eigenvalue weighted by molar-refractivity contribution is 6.07. The van der Waals surface area contributed by atoms with Crippen LogP contribution < -0.4 is 0 Å². The lowest BCUT2D eigenvalue weighted by Gasteiger charge is -2.00. The van der Waals surface area contributed by atoms with Crippen LogP contribution in [0.5, 0.6) is 0 Å². The predicted molar refractivity (Wildman–Crippen MR) is 62.1 cm³/mol. The van der Waals surface area contributed by atoms with Crippen LogP contribution in [0.4, 0.5) is 0 Å². The Balaban J connectivity index is 2.70. The number of hydrogen-bond donors (Lipinski definition) is 1. The molecule has 0 saturated carbocycles. The van der Waals surface area contributed by atoms with Crippen LogP contribution in [-0.4, -0.2) is 26.4 Å². The Morgan fingerprint density at radius 2 is 2.18 bits per heavy atom. The van der Waals surface area contributed by atoms with Crippen LogP contribution in [-0.2, 0) is 11.3 Å². The maximum Gasteiger partial charge on any atom is 0.323 e. The van der Waals surface area contributed by atoms with Gasteiger partial charge < -0.3 is 9.67 Å². The van der Waals surface area contributed by atoms with Gasteiger partial charge in [0, 0.05) is 22.8 Å². The van der Waals surface area contributed by atoms with Crippen molar-refractivity contribution in [2.75, 3.05) is 0 Å². The standard InChI is InChI=1S/C12H12N2O3/c1-7-3-9-10(8(2)15)5-14(6-12(16)17)11(9)4-13-7/h3-5H,6H2,1-2H3,(H,16,17). The second-order valence-electron chi connectivity index (χ2n) is 3.96. The summed E-state index contributed by atoms with van der Waals surface area (Å²) in [6.45, 7) is 3.13. The van der Waals surface area contributed by atoms with Crippen LogP contribution in [0, 0.1) is 6.92 Å². The number of carbonyl (C=O) groups is 2. The van der Waals surface area contributed by atoms with Gasteiger partial charge in [0.25, 0.3) is 0 Å². The Kier molecular flexibility index (Phi) is 2.67. The molecule has 0 aliphatic carbocycles. The van der Waals surface area contributed by atoms with Gasteiger partial charge in [0.15, 0.2) is 5.78 Å². The van der Waals surface area contributed by atoms with E-state index in [1.807, 2.05) is 6.92 Å². The zero-order chi connectivity index (χ0) is 12.6. The smallest absolute Gasteiger partial charge is 0.323 e. The number of ketones is 1. The number of Topliss-reactive ketones (excluding diaryl/α,β-unsaturated/α-hetero) is 1. The number of pyridine rings is 1. The Morgan fingerprint density at radius 3 is 2.76 bits per heavy atom. The molecule has 88 valence electrons. The summed E-state index contributed by atoms with van der Waals surface area (Å²) in [7, 11) is 0. The normalized spacial score (nSPS) is 10.7. The molecule has 17 heavy (non-hydrogen) atoms. The van der Waals surface area contributed by atoms with Gasteiger partial charge in [0.1, 0.15) is 6.54 Å². The van der Waals surface area contributed by atoms with Gasteiger partial charge in [-0.15, -0.1) is 0 Å². The summed E-state index contributed by atoms with van der Waals surface area (Å²) < 4.78 is 1.53. The van der Waals surface area contributed by atoms with E-state index in [-0.39, 0.29) is 12.3 Å². The van der Waals surface area contributed by atoms with Crippen LogP contribution in [0.15, 0.2) is 18.5 Å². The van der Waals surface area contributed by atoms with Crippen molar-refractivity contribution in [3.05, 3.63) is 29.7 Å². The third-order valence-corrected chi connectivity index (χ3v) is 2.59. The minimum Gasteiger partial charge on any atom is -0.480 e. The van der Waals surface area contributed by atoms with Crippen molar-refractivity contribution in [1.29, 1.82) is 0 Å². The van der Waals surface area contributed by atoms with E-state index in [1.54, 1.807) is 18.5 Å². The lowest BCUT2D eigenvalue weighted by molar-refractivity contribution is -0.137. The maximum atomic E-state index is 11.5. The molecule has 2 heterocycles. The lowest BCUT2D eigenvalue weighted by Crippen LogP contribution is -2.07. The van der Waals surface area contributed by atoms with Gasteiger partial charge in [-0.1, -0.05) is 0 Å². The molecule has 2 aromatic rings. The average Bonchev–Trinajstić information content (AvgIpc) is 2.55. The fourth-order valence-corrected chi connectivity index (χ4v) is 1.85. The monoisotopic (exact) mass is 232 g/mol. The number of aryl methyl sites for hydroxylation is 1. The van der Waals surface area contributed by atoms with Crippen LogP contribution >= 0.6 is 0 Å². The highest BCUT2D eigenvalue weighted by Gasteiger charge is 2.13. The lowest BCUT2D eigenvalue weighted by atomic mass is 10.1. The van der Waals surface area contributed by atoms with Crippen molar-refractivity contribution in [2.45, 2.75) is 20.4 Å². The first kappa shape index (κ1) is 11.3. The van der Waals surface area contributed by atoms with Crippen molar-refractivity contribution in [3.8, 4) is 0 Å². The predicted octanol–water partition coefficient (Wildman–Crippen LogP) is 1.63. The zero-order valence-electron chi connectivity index (χ0n) is 9.60. The van der Waals surface area contributed by atoms with Crippen LogP contribution in [0.2, 0.25) is 0 Å². The van der Waals surface area contributed by atoms with Crippen molar-refractivity contribution < 1.29 is 14.7 Å². The molecule has 0 saturated heterocycles. The summed E-state index contributed by atoms with van der Waals surface area (Å²) in [5.41, 5.74) is 2.00. The van der Waals surface area contributed by atoms with Crippen molar-refractivity contribution in [3.63, 3.8) is 0 Å². The van der Waals surface area contributed by atoms with E-state index in [2.05, 4.69) is 4.98 Å². The summed E-state index contributed by atoms with van der Waals surface area (Å²) in [5.74, 6) is -1.03. The van der Waals surface area contributed by atoms with Gasteiger partial charge in [-0.3, -0.25) is 14.6 Å². The molecule has 0 fully saturated rings. The van der Waals surface area contributed by atoms with E-state index in [0.29, 0.717) is 11.1 Å². The molecule has 1 N–H and O–H groups in total. The molecule has 2 rings (SSSR count). The van der Waals surface area contributed by atoms with Gasteiger partial charge in [-0.25, -0.2) is 0 Å².